The first kappa shape index (κ1) is 26.6. The molecule has 2 fully saturated rings. The number of likely N-dealkylation sites (tertiary alicyclic amines) is 1. The first-order valence-electron chi connectivity index (χ1n) is 13.1. The van der Waals surface area contributed by atoms with Crippen LogP contribution in [-0.2, 0) is 9.53 Å². The Bertz CT molecular complexity index is 1420. The molecule has 4 heterocycles. The topological polar surface area (TPSA) is 107 Å². The minimum Gasteiger partial charge on any atom is -0.462 e. The molecular formula is C29H35N7O3. The van der Waals surface area contributed by atoms with Gasteiger partial charge in [0, 0.05) is 20.1 Å². The molecule has 4 aromatic rings. The molecule has 10 heteroatoms. The standard InChI is InChI=1S/C24H25N7O.C5H10O2/c1-25-22-20-21(19-9-8-18(12-26-19)32-17-6-4-3-5-7-17)29-31(23(20)28-15-27-22)16-10-24(11-16)13-30(2)14-24;1-5(2,3)7-4-6/h3-9,12,15-16H,10-11,13-14H2,1-2H3,(H,25,27,28);4H,1-3H3. The number of carbonyl (C=O) groups excluding carboxylic acids is 1. The van der Waals surface area contributed by atoms with E-state index in [9.17, 15) is 4.79 Å². The van der Waals surface area contributed by atoms with Crippen molar-refractivity contribution in [2.45, 2.75) is 45.3 Å². The van der Waals surface area contributed by atoms with Crippen LogP contribution in [0.25, 0.3) is 22.4 Å². The van der Waals surface area contributed by atoms with Crippen LogP contribution in [0.1, 0.15) is 39.7 Å². The van der Waals surface area contributed by atoms with Crippen LogP contribution < -0.4 is 10.1 Å². The van der Waals surface area contributed by atoms with Crippen molar-refractivity contribution in [2.24, 2.45) is 5.41 Å². The van der Waals surface area contributed by atoms with Gasteiger partial charge in [-0.15, -0.1) is 0 Å². The monoisotopic (exact) mass is 529 g/mol. The molecule has 10 nitrogen and oxygen atoms in total. The van der Waals surface area contributed by atoms with E-state index in [0.717, 1.165) is 46.8 Å². The van der Waals surface area contributed by atoms with Gasteiger partial charge in [-0.2, -0.15) is 5.10 Å². The number of hydrogen-bond donors (Lipinski definition) is 1. The quantitative estimate of drug-likeness (QED) is 0.347. The molecule has 0 radical (unpaired) electrons. The Kier molecular flexibility index (Phi) is 7.22. The van der Waals surface area contributed by atoms with Crippen molar-refractivity contribution in [1.82, 2.24) is 29.6 Å². The Labute approximate surface area is 228 Å². The fourth-order valence-electron chi connectivity index (χ4n) is 5.42. The van der Waals surface area contributed by atoms with Gasteiger partial charge in [0.1, 0.15) is 34.9 Å². The maximum absolute atomic E-state index is 9.60. The molecule has 1 spiro atoms. The van der Waals surface area contributed by atoms with Gasteiger partial charge < -0.3 is 19.7 Å². The number of nitrogens with zero attached hydrogens (tertiary/aromatic N) is 6. The van der Waals surface area contributed by atoms with Gasteiger partial charge in [-0.3, -0.25) is 9.78 Å². The third kappa shape index (κ3) is 5.70. The molecule has 6 rings (SSSR count). The van der Waals surface area contributed by atoms with Crippen molar-refractivity contribution in [3.8, 4) is 22.9 Å². The van der Waals surface area contributed by atoms with Gasteiger partial charge >= 0.3 is 0 Å². The van der Waals surface area contributed by atoms with Gasteiger partial charge in [-0.25, -0.2) is 14.6 Å². The molecule has 0 bridgehead atoms. The van der Waals surface area contributed by atoms with E-state index < -0.39 is 0 Å². The number of ether oxygens (including phenoxy) is 2. The lowest BCUT2D eigenvalue weighted by Gasteiger charge is -2.58. The van der Waals surface area contributed by atoms with E-state index >= 15 is 0 Å². The molecule has 0 amide bonds. The molecule has 39 heavy (non-hydrogen) atoms. The summed E-state index contributed by atoms with van der Waals surface area (Å²) in [6, 6.07) is 13.9. The summed E-state index contributed by atoms with van der Waals surface area (Å²) in [6.45, 7) is 8.28. The summed E-state index contributed by atoms with van der Waals surface area (Å²) in [4.78, 5) is 25.7. The van der Waals surface area contributed by atoms with Gasteiger partial charge in [0.15, 0.2) is 5.65 Å². The first-order chi connectivity index (χ1) is 18.7. The molecule has 1 saturated carbocycles. The van der Waals surface area contributed by atoms with Crippen molar-refractivity contribution in [2.75, 3.05) is 32.5 Å². The van der Waals surface area contributed by atoms with E-state index in [-0.39, 0.29) is 5.60 Å². The third-order valence-electron chi connectivity index (χ3n) is 6.98. The van der Waals surface area contributed by atoms with E-state index in [4.69, 9.17) is 9.84 Å². The van der Waals surface area contributed by atoms with Crippen molar-refractivity contribution >= 4 is 23.3 Å². The highest BCUT2D eigenvalue weighted by atomic mass is 16.5. The molecule has 3 aromatic heterocycles. The van der Waals surface area contributed by atoms with Crippen LogP contribution in [-0.4, -0.2) is 68.9 Å². The minimum absolute atomic E-state index is 0.318. The lowest BCUT2D eigenvalue weighted by atomic mass is 9.61. The van der Waals surface area contributed by atoms with Crippen LogP contribution in [0.4, 0.5) is 5.82 Å². The van der Waals surface area contributed by atoms with Gasteiger partial charge in [-0.05, 0) is 70.3 Å². The van der Waals surface area contributed by atoms with E-state index in [1.54, 1.807) is 12.5 Å². The number of pyridine rings is 1. The molecule has 204 valence electrons. The second-order valence-electron chi connectivity index (χ2n) is 11.3. The molecule has 1 saturated heterocycles. The van der Waals surface area contributed by atoms with Crippen molar-refractivity contribution in [1.29, 1.82) is 0 Å². The number of nitrogens with one attached hydrogen (secondary N) is 1. The number of anilines is 1. The normalized spacial score (nSPS) is 16.5. The third-order valence-corrected chi connectivity index (χ3v) is 6.98. The molecule has 2 aliphatic rings. The average molecular weight is 530 g/mol. The predicted molar refractivity (Wildman–Crippen MR) is 150 cm³/mol. The molecule has 0 atom stereocenters. The zero-order valence-electron chi connectivity index (χ0n) is 23.1. The van der Waals surface area contributed by atoms with Gasteiger partial charge in [0.05, 0.1) is 23.3 Å². The Morgan fingerprint density at radius 2 is 1.77 bits per heavy atom. The number of carbonyl (C=O) groups is 1. The van der Waals surface area contributed by atoms with Crippen LogP contribution in [0.15, 0.2) is 55.0 Å². The molecule has 1 aliphatic heterocycles. The number of aromatic nitrogens is 5. The van der Waals surface area contributed by atoms with Crippen LogP contribution in [0.3, 0.4) is 0 Å². The highest BCUT2D eigenvalue weighted by Crippen LogP contribution is 2.54. The van der Waals surface area contributed by atoms with E-state index in [1.807, 2.05) is 70.3 Å². The Morgan fingerprint density at radius 3 is 2.33 bits per heavy atom. The van der Waals surface area contributed by atoms with Crippen molar-refractivity contribution in [3.05, 3.63) is 55.0 Å². The van der Waals surface area contributed by atoms with Gasteiger partial charge in [0.2, 0.25) is 0 Å². The molecular weight excluding hydrogens is 494 g/mol. The fourth-order valence-corrected chi connectivity index (χ4v) is 5.42. The number of rotatable bonds is 6. The van der Waals surface area contributed by atoms with Gasteiger partial charge in [-0.1, -0.05) is 18.2 Å². The Hall–Kier alpha value is -4.05. The number of para-hydroxylation sites is 1. The summed E-state index contributed by atoms with van der Waals surface area (Å²) in [5, 5.41) is 9.11. The number of fused-ring (bicyclic) bond motifs is 1. The zero-order valence-corrected chi connectivity index (χ0v) is 23.1. The second-order valence-corrected chi connectivity index (χ2v) is 11.3. The van der Waals surface area contributed by atoms with Crippen LogP contribution in [0.5, 0.6) is 11.5 Å². The van der Waals surface area contributed by atoms with Gasteiger partial charge in [0.25, 0.3) is 6.47 Å². The number of hydrogen-bond acceptors (Lipinski definition) is 9. The number of benzene rings is 1. The summed E-state index contributed by atoms with van der Waals surface area (Å²) in [5.41, 5.74) is 2.58. The molecule has 1 aliphatic carbocycles. The fraction of sp³-hybridized carbons (Fsp3) is 0.414. The van der Waals surface area contributed by atoms with E-state index in [1.165, 1.54) is 13.1 Å². The Balaban J connectivity index is 0.000000392. The lowest BCUT2D eigenvalue weighted by Crippen LogP contribution is -2.60. The van der Waals surface area contributed by atoms with Crippen LogP contribution in [0, 0.1) is 5.41 Å². The van der Waals surface area contributed by atoms with E-state index in [2.05, 4.69) is 41.6 Å². The smallest absolute Gasteiger partial charge is 0.293 e. The first-order valence-corrected chi connectivity index (χ1v) is 13.1. The maximum atomic E-state index is 9.60. The zero-order chi connectivity index (χ0) is 27.6. The summed E-state index contributed by atoms with van der Waals surface area (Å²) >= 11 is 0. The summed E-state index contributed by atoms with van der Waals surface area (Å²) in [7, 11) is 4.05. The second kappa shape index (κ2) is 10.6. The SMILES string of the molecule is CC(C)(C)OC=O.CNc1ncnc2c1c(-c1ccc(Oc3ccccc3)cn1)nn2C1CC2(C1)CN(C)C2. The lowest BCUT2D eigenvalue weighted by molar-refractivity contribution is -0.138. The largest absolute Gasteiger partial charge is 0.462 e. The maximum Gasteiger partial charge on any atom is 0.293 e. The molecule has 1 N–H and O–H groups in total. The molecule has 0 unspecified atom stereocenters. The van der Waals surface area contributed by atoms with Crippen molar-refractivity contribution in [3.63, 3.8) is 0 Å². The highest BCUT2D eigenvalue weighted by molar-refractivity contribution is 5.98. The van der Waals surface area contributed by atoms with Crippen molar-refractivity contribution < 1.29 is 14.3 Å². The summed E-state index contributed by atoms with van der Waals surface area (Å²) < 4.78 is 12.5. The predicted octanol–water partition coefficient (Wildman–Crippen LogP) is 4.95. The average Bonchev–Trinajstić information content (AvgIpc) is 3.25. The summed E-state index contributed by atoms with van der Waals surface area (Å²) in [5.74, 6) is 2.23. The minimum atomic E-state index is -0.318. The summed E-state index contributed by atoms with van der Waals surface area (Å²) in [6.07, 6.45) is 5.62. The van der Waals surface area contributed by atoms with E-state index in [0.29, 0.717) is 23.7 Å². The van der Waals surface area contributed by atoms with Crippen LogP contribution in [0.2, 0.25) is 0 Å². The molecule has 1 aromatic carbocycles. The van der Waals surface area contributed by atoms with Crippen LogP contribution >= 0.6 is 0 Å². The highest BCUT2D eigenvalue weighted by Gasteiger charge is 2.52. The Morgan fingerprint density at radius 1 is 1.03 bits per heavy atom.